The molecule has 1 aromatic carbocycles. The highest BCUT2D eigenvalue weighted by atomic mass is 35.5. The third-order valence-electron chi connectivity index (χ3n) is 3.18. The lowest BCUT2D eigenvalue weighted by molar-refractivity contribution is 0.320. The molecule has 1 N–H and O–H groups in total. The minimum Gasteiger partial charge on any atom is -0.313 e. The van der Waals surface area contributed by atoms with Gasteiger partial charge < -0.3 is 5.32 Å². The van der Waals surface area contributed by atoms with Crippen molar-refractivity contribution in [1.29, 1.82) is 0 Å². The largest absolute Gasteiger partial charge is 0.313 e. The first-order valence-electron chi connectivity index (χ1n) is 6.89. The van der Waals surface area contributed by atoms with Crippen LogP contribution in [0.1, 0.15) is 22.9 Å². The molecule has 2 aromatic rings. The van der Waals surface area contributed by atoms with Gasteiger partial charge in [-0.15, -0.1) is 11.3 Å². The fourth-order valence-electron chi connectivity index (χ4n) is 2.19. The maximum atomic E-state index is 5.98. The van der Waals surface area contributed by atoms with Crippen molar-refractivity contribution in [3.63, 3.8) is 0 Å². The summed E-state index contributed by atoms with van der Waals surface area (Å²) in [5.74, 6) is 0. The second kappa shape index (κ2) is 7.79. The molecule has 2 nitrogen and oxygen atoms in total. The zero-order valence-corrected chi connectivity index (χ0v) is 13.6. The zero-order valence-electron chi connectivity index (χ0n) is 12.0. The first kappa shape index (κ1) is 15.5. The predicted octanol–water partition coefficient (Wildman–Crippen LogP) is 4.14. The van der Waals surface area contributed by atoms with Crippen molar-refractivity contribution in [2.75, 3.05) is 13.6 Å². The number of hydrogen-bond acceptors (Lipinski definition) is 3. The summed E-state index contributed by atoms with van der Waals surface area (Å²) in [7, 11) is 2.15. The summed E-state index contributed by atoms with van der Waals surface area (Å²) >= 11 is 7.63. The Morgan fingerprint density at radius 2 is 1.85 bits per heavy atom. The first-order chi connectivity index (χ1) is 9.69. The van der Waals surface area contributed by atoms with E-state index in [1.807, 2.05) is 6.07 Å². The van der Waals surface area contributed by atoms with Crippen LogP contribution in [0, 0.1) is 0 Å². The SMILES string of the molecule is CCNCc1ccccc1CN(C)Cc1ccc(Cl)s1. The van der Waals surface area contributed by atoms with Gasteiger partial charge in [-0.3, -0.25) is 4.90 Å². The van der Waals surface area contributed by atoms with Gasteiger partial charge in [-0.25, -0.2) is 0 Å². The van der Waals surface area contributed by atoms with Gasteiger partial charge in [-0.2, -0.15) is 0 Å². The van der Waals surface area contributed by atoms with E-state index in [0.717, 1.165) is 30.5 Å². The fourth-order valence-corrected chi connectivity index (χ4v) is 3.36. The van der Waals surface area contributed by atoms with Crippen LogP contribution in [0.2, 0.25) is 4.34 Å². The van der Waals surface area contributed by atoms with E-state index in [1.165, 1.54) is 16.0 Å². The fraction of sp³-hybridized carbons (Fsp3) is 0.375. The normalized spacial score (nSPS) is 11.2. The molecule has 0 saturated carbocycles. The highest BCUT2D eigenvalue weighted by Gasteiger charge is 2.07. The van der Waals surface area contributed by atoms with Gasteiger partial charge in [0.15, 0.2) is 0 Å². The Hall–Kier alpha value is -0.870. The molecule has 0 unspecified atom stereocenters. The Morgan fingerprint density at radius 3 is 2.50 bits per heavy atom. The number of benzene rings is 1. The lowest BCUT2D eigenvalue weighted by atomic mass is 10.1. The van der Waals surface area contributed by atoms with Crippen molar-refractivity contribution in [2.24, 2.45) is 0 Å². The zero-order chi connectivity index (χ0) is 14.4. The van der Waals surface area contributed by atoms with Crippen molar-refractivity contribution in [3.05, 3.63) is 56.7 Å². The van der Waals surface area contributed by atoms with Gasteiger partial charge in [-0.05, 0) is 36.9 Å². The van der Waals surface area contributed by atoms with Crippen LogP contribution in [0.5, 0.6) is 0 Å². The molecule has 0 radical (unpaired) electrons. The van der Waals surface area contributed by atoms with Crippen molar-refractivity contribution in [3.8, 4) is 0 Å². The lowest BCUT2D eigenvalue weighted by Gasteiger charge is -2.18. The molecule has 0 fully saturated rings. The van der Waals surface area contributed by atoms with Crippen molar-refractivity contribution in [1.82, 2.24) is 10.2 Å². The van der Waals surface area contributed by atoms with Crippen molar-refractivity contribution < 1.29 is 0 Å². The Balaban J connectivity index is 1.98. The van der Waals surface area contributed by atoms with Crippen molar-refractivity contribution >= 4 is 22.9 Å². The Labute approximate surface area is 130 Å². The van der Waals surface area contributed by atoms with E-state index in [1.54, 1.807) is 11.3 Å². The Kier molecular flexibility index (Phi) is 6.05. The van der Waals surface area contributed by atoms with Crippen LogP contribution < -0.4 is 5.32 Å². The molecule has 0 aliphatic rings. The highest BCUT2D eigenvalue weighted by molar-refractivity contribution is 7.16. The van der Waals surface area contributed by atoms with Gasteiger partial charge in [-0.1, -0.05) is 42.8 Å². The van der Waals surface area contributed by atoms with Crippen LogP contribution in [-0.4, -0.2) is 18.5 Å². The molecule has 0 aliphatic carbocycles. The van der Waals surface area contributed by atoms with Gasteiger partial charge in [0.1, 0.15) is 0 Å². The topological polar surface area (TPSA) is 15.3 Å². The first-order valence-corrected chi connectivity index (χ1v) is 8.08. The second-order valence-corrected chi connectivity index (χ2v) is 6.73. The molecule has 1 aromatic heterocycles. The van der Waals surface area contributed by atoms with E-state index in [-0.39, 0.29) is 0 Å². The Morgan fingerprint density at radius 1 is 1.10 bits per heavy atom. The van der Waals surface area contributed by atoms with E-state index >= 15 is 0 Å². The maximum Gasteiger partial charge on any atom is 0.0931 e. The number of hydrogen-bond donors (Lipinski definition) is 1. The molecule has 0 amide bonds. The van der Waals surface area contributed by atoms with Gasteiger partial charge in [0.25, 0.3) is 0 Å². The molecule has 0 spiro atoms. The Bertz CT molecular complexity index is 539. The third-order valence-corrected chi connectivity index (χ3v) is 4.39. The molecular weight excluding hydrogens is 288 g/mol. The van der Waals surface area contributed by atoms with Gasteiger partial charge >= 0.3 is 0 Å². The summed E-state index contributed by atoms with van der Waals surface area (Å²) in [6, 6.07) is 12.7. The smallest absolute Gasteiger partial charge is 0.0931 e. The monoisotopic (exact) mass is 308 g/mol. The summed E-state index contributed by atoms with van der Waals surface area (Å²) in [5, 5.41) is 3.40. The molecule has 0 bridgehead atoms. The molecule has 20 heavy (non-hydrogen) atoms. The summed E-state index contributed by atoms with van der Waals surface area (Å²) in [6.07, 6.45) is 0. The summed E-state index contributed by atoms with van der Waals surface area (Å²) < 4.78 is 0.862. The standard InChI is InChI=1S/C16H21ClN2S/c1-3-18-10-13-6-4-5-7-14(13)11-19(2)12-15-8-9-16(17)20-15/h4-9,18H,3,10-12H2,1-2H3. The molecule has 0 aliphatic heterocycles. The third kappa shape index (κ3) is 4.60. The molecule has 2 rings (SSSR count). The van der Waals surface area contributed by atoms with E-state index in [9.17, 15) is 0 Å². The average molecular weight is 309 g/mol. The number of thiophene rings is 1. The van der Waals surface area contributed by atoms with Gasteiger partial charge in [0, 0.05) is 24.5 Å². The molecule has 1 heterocycles. The maximum absolute atomic E-state index is 5.98. The van der Waals surface area contributed by atoms with E-state index in [2.05, 4.69) is 54.5 Å². The number of nitrogens with one attached hydrogen (secondary N) is 1. The molecule has 0 atom stereocenters. The minimum atomic E-state index is 0.862. The molecular formula is C16H21ClN2S. The van der Waals surface area contributed by atoms with E-state index < -0.39 is 0 Å². The molecule has 4 heteroatoms. The van der Waals surface area contributed by atoms with Crippen LogP contribution >= 0.6 is 22.9 Å². The minimum absolute atomic E-state index is 0.862. The summed E-state index contributed by atoms with van der Waals surface area (Å²) in [4.78, 5) is 3.63. The van der Waals surface area contributed by atoms with Crippen molar-refractivity contribution in [2.45, 2.75) is 26.6 Å². The molecule has 0 saturated heterocycles. The quantitative estimate of drug-likeness (QED) is 0.827. The number of rotatable bonds is 7. The lowest BCUT2D eigenvalue weighted by Crippen LogP contribution is -2.19. The average Bonchev–Trinajstić information content (AvgIpc) is 2.83. The summed E-state index contributed by atoms with van der Waals surface area (Å²) in [5.41, 5.74) is 2.77. The van der Waals surface area contributed by atoms with Crippen LogP contribution in [0.4, 0.5) is 0 Å². The van der Waals surface area contributed by atoms with Gasteiger partial charge in [0.2, 0.25) is 0 Å². The summed E-state index contributed by atoms with van der Waals surface area (Å²) in [6.45, 7) is 5.96. The highest BCUT2D eigenvalue weighted by Crippen LogP contribution is 2.23. The van der Waals surface area contributed by atoms with Crippen LogP contribution in [0.3, 0.4) is 0 Å². The van der Waals surface area contributed by atoms with Crippen LogP contribution in [0.25, 0.3) is 0 Å². The predicted molar refractivity (Wildman–Crippen MR) is 88.3 cm³/mol. The second-order valence-electron chi connectivity index (χ2n) is 4.93. The number of halogens is 1. The van der Waals surface area contributed by atoms with E-state index in [4.69, 9.17) is 11.6 Å². The molecule has 108 valence electrons. The van der Waals surface area contributed by atoms with Gasteiger partial charge in [0.05, 0.1) is 4.34 Å². The van der Waals surface area contributed by atoms with Crippen LogP contribution in [-0.2, 0) is 19.6 Å². The number of nitrogens with zero attached hydrogens (tertiary/aromatic N) is 1. The van der Waals surface area contributed by atoms with Crippen LogP contribution in [0.15, 0.2) is 36.4 Å². The van der Waals surface area contributed by atoms with E-state index in [0.29, 0.717) is 0 Å².